The van der Waals surface area contributed by atoms with Gasteiger partial charge in [0.2, 0.25) is 0 Å². The fraction of sp³-hybridized carbons (Fsp3) is 0.429. The Bertz CT molecular complexity index is 488. The third-order valence-electron chi connectivity index (χ3n) is 3.00. The van der Waals surface area contributed by atoms with Gasteiger partial charge < -0.3 is 10.0 Å². The van der Waals surface area contributed by atoms with Gasteiger partial charge in [0.25, 0.3) is 5.91 Å². The van der Waals surface area contributed by atoms with Gasteiger partial charge in [-0.2, -0.15) is 0 Å². The normalized spacial score (nSPS) is 12.0. The number of carboxylic acid groups (broad SMARTS) is 1. The van der Waals surface area contributed by atoms with E-state index in [4.69, 9.17) is 5.11 Å². The van der Waals surface area contributed by atoms with Crippen LogP contribution in [0, 0.1) is 12.8 Å². The zero-order valence-electron chi connectivity index (χ0n) is 11.3. The highest BCUT2D eigenvalue weighted by molar-refractivity contribution is 9.10. The number of carboxylic acids is 1. The second kappa shape index (κ2) is 6.70. The summed E-state index contributed by atoms with van der Waals surface area (Å²) in [5.41, 5.74) is 1.62. The van der Waals surface area contributed by atoms with Crippen molar-refractivity contribution in [1.29, 1.82) is 0 Å². The van der Waals surface area contributed by atoms with Gasteiger partial charge in [-0.05, 0) is 31.5 Å². The molecule has 1 amide bonds. The second-order valence-corrected chi connectivity index (χ2v) is 5.40. The highest BCUT2D eigenvalue weighted by Gasteiger charge is 2.20. The Labute approximate surface area is 121 Å². The van der Waals surface area contributed by atoms with Crippen molar-refractivity contribution in [2.24, 2.45) is 5.92 Å². The number of aryl methyl sites for hydroxylation is 1. The van der Waals surface area contributed by atoms with Gasteiger partial charge in [-0.1, -0.05) is 28.9 Å². The van der Waals surface area contributed by atoms with Crippen LogP contribution in [0.1, 0.15) is 29.8 Å². The van der Waals surface area contributed by atoms with Gasteiger partial charge in [0, 0.05) is 23.1 Å². The molecule has 1 atom stereocenters. The first-order chi connectivity index (χ1) is 8.86. The Morgan fingerprint density at radius 1 is 1.42 bits per heavy atom. The Morgan fingerprint density at radius 2 is 2.05 bits per heavy atom. The molecule has 1 unspecified atom stereocenters. The van der Waals surface area contributed by atoms with E-state index in [9.17, 15) is 9.59 Å². The van der Waals surface area contributed by atoms with Crippen LogP contribution in [0.3, 0.4) is 0 Å². The first kappa shape index (κ1) is 15.7. The summed E-state index contributed by atoms with van der Waals surface area (Å²) in [5.74, 6) is -1.61. The average molecular weight is 328 g/mol. The maximum atomic E-state index is 12.3. The number of hydrogen-bond acceptors (Lipinski definition) is 2. The molecule has 0 spiro atoms. The van der Waals surface area contributed by atoms with E-state index in [0.29, 0.717) is 12.1 Å². The molecule has 1 aromatic carbocycles. The Kier molecular flexibility index (Phi) is 5.54. The van der Waals surface area contributed by atoms with Crippen LogP contribution in [0.2, 0.25) is 0 Å². The number of rotatable bonds is 5. The summed E-state index contributed by atoms with van der Waals surface area (Å²) in [6.45, 7) is 6.10. The Hall–Kier alpha value is -1.36. The molecule has 1 rings (SSSR count). The summed E-state index contributed by atoms with van der Waals surface area (Å²) in [5, 5.41) is 8.91. The summed E-state index contributed by atoms with van der Waals surface area (Å²) < 4.78 is 0.876. The zero-order chi connectivity index (χ0) is 14.6. The predicted molar refractivity (Wildman–Crippen MR) is 77.3 cm³/mol. The van der Waals surface area contributed by atoms with Crippen molar-refractivity contribution < 1.29 is 14.7 Å². The van der Waals surface area contributed by atoms with E-state index in [1.807, 2.05) is 19.9 Å². The van der Waals surface area contributed by atoms with Gasteiger partial charge in [0.15, 0.2) is 0 Å². The van der Waals surface area contributed by atoms with E-state index in [1.54, 1.807) is 24.0 Å². The molecule has 1 aromatic rings. The van der Waals surface area contributed by atoms with Gasteiger partial charge in [-0.3, -0.25) is 9.59 Å². The molecular weight excluding hydrogens is 310 g/mol. The van der Waals surface area contributed by atoms with Crippen molar-refractivity contribution in [2.45, 2.75) is 20.8 Å². The summed E-state index contributed by atoms with van der Waals surface area (Å²) in [6, 6.07) is 5.40. The molecule has 0 heterocycles. The lowest BCUT2D eigenvalue weighted by Crippen LogP contribution is -2.36. The fourth-order valence-corrected chi connectivity index (χ4v) is 2.05. The van der Waals surface area contributed by atoms with Gasteiger partial charge in [0.05, 0.1) is 5.92 Å². The molecule has 0 aliphatic carbocycles. The first-order valence-corrected chi connectivity index (χ1v) is 6.94. The summed E-state index contributed by atoms with van der Waals surface area (Å²) >= 11 is 3.39. The zero-order valence-corrected chi connectivity index (χ0v) is 12.9. The lowest BCUT2D eigenvalue weighted by Gasteiger charge is -2.23. The van der Waals surface area contributed by atoms with E-state index < -0.39 is 11.9 Å². The van der Waals surface area contributed by atoms with E-state index in [0.717, 1.165) is 10.0 Å². The standard InChI is InChI=1S/C14H18BrNO3/c1-4-16(8-10(3)14(18)19)13(17)11-6-5-9(2)12(15)7-11/h5-7,10H,4,8H2,1-3H3,(H,18,19). The lowest BCUT2D eigenvalue weighted by atomic mass is 10.1. The van der Waals surface area contributed by atoms with Crippen LogP contribution in [-0.2, 0) is 4.79 Å². The number of aliphatic carboxylic acids is 1. The third-order valence-corrected chi connectivity index (χ3v) is 3.86. The SMILES string of the molecule is CCN(CC(C)C(=O)O)C(=O)c1ccc(C)c(Br)c1. The van der Waals surface area contributed by atoms with Crippen molar-refractivity contribution in [3.05, 3.63) is 33.8 Å². The van der Waals surface area contributed by atoms with Crippen LogP contribution in [0.4, 0.5) is 0 Å². The van der Waals surface area contributed by atoms with E-state index in [1.165, 1.54) is 0 Å². The lowest BCUT2D eigenvalue weighted by molar-refractivity contribution is -0.141. The van der Waals surface area contributed by atoms with Crippen LogP contribution in [0.25, 0.3) is 0 Å². The molecule has 0 aliphatic heterocycles. The molecule has 19 heavy (non-hydrogen) atoms. The van der Waals surface area contributed by atoms with Gasteiger partial charge in [-0.15, -0.1) is 0 Å². The van der Waals surface area contributed by atoms with Crippen molar-refractivity contribution in [3.63, 3.8) is 0 Å². The maximum absolute atomic E-state index is 12.3. The highest BCUT2D eigenvalue weighted by atomic mass is 79.9. The third kappa shape index (κ3) is 4.06. The molecule has 0 fully saturated rings. The summed E-state index contributed by atoms with van der Waals surface area (Å²) in [7, 11) is 0. The molecule has 4 nitrogen and oxygen atoms in total. The minimum absolute atomic E-state index is 0.142. The second-order valence-electron chi connectivity index (χ2n) is 4.55. The fourth-order valence-electron chi connectivity index (χ4n) is 1.67. The largest absolute Gasteiger partial charge is 0.481 e. The van der Waals surface area contributed by atoms with Crippen molar-refractivity contribution in [1.82, 2.24) is 4.90 Å². The van der Waals surface area contributed by atoms with E-state index >= 15 is 0 Å². The summed E-state index contributed by atoms with van der Waals surface area (Å²) in [4.78, 5) is 24.7. The van der Waals surface area contributed by atoms with E-state index in [-0.39, 0.29) is 12.5 Å². The molecule has 0 aromatic heterocycles. The first-order valence-electron chi connectivity index (χ1n) is 6.15. The minimum atomic E-state index is -0.892. The van der Waals surface area contributed by atoms with Crippen molar-refractivity contribution >= 4 is 27.8 Å². The minimum Gasteiger partial charge on any atom is -0.481 e. The molecule has 0 saturated carbocycles. The number of halogens is 1. The quantitative estimate of drug-likeness (QED) is 0.904. The molecule has 1 N–H and O–H groups in total. The van der Waals surface area contributed by atoms with Gasteiger partial charge >= 0.3 is 5.97 Å². The van der Waals surface area contributed by atoms with Crippen LogP contribution in [0.15, 0.2) is 22.7 Å². The number of hydrogen-bond donors (Lipinski definition) is 1. The Morgan fingerprint density at radius 3 is 2.53 bits per heavy atom. The molecule has 0 radical (unpaired) electrons. The highest BCUT2D eigenvalue weighted by Crippen LogP contribution is 2.19. The summed E-state index contributed by atoms with van der Waals surface area (Å²) in [6.07, 6.45) is 0. The average Bonchev–Trinajstić information content (AvgIpc) is 2.37. The topological polar surface area (TPSA) is 57.6 Å². The van der Waals surface area contributed by atoms with Gasteiger partial charge in [-0.25, -0.2) is 0 Å². The van der Waals surface area contributed by atoms with Crippen molar-refractivity contribution in [2.75, 3.05) is 13.1 Å². The number of benzene rings is 1. The van der Waals surface area contributed by atoms with Crippen LogP contribution in [-0.4, -0.2) is 35.0 Å². The number of carbonyl (C=O) groups excluding carboxylic acids is 1. The molecule has 0 bridgehead atoms. The Balaban J connectivity index is 2.89. The molecule has 0 aliphatic rings. The maximum Gasteiger partial charge on any atom is 0.308 e. The van der Waals surface area contributed by atoms with Gasteiger partial charge in [0.1, 0.15) is 0 Å². The van der Waals surface area contributed by atoms with E-state index in [2.05, 4.69) is 15.9 Å². The number of nitrogens with zero attached hydrogens (tertiary/aromatic N) is 1. The molecule has 0 saturated heterocycles. The smallest absolute Gasteiger partial charge is 0.308 e. The van der Waals surface area contributed by atoms with Crippen LogP contribution in [0.5, 0.6) is 0 Å². The van der Waals surface area contributed by atoms with Crippen molar-refractivity contribution in [3.8, 4) is 0 Å². The van der Waals surface area contributed by atoms with Crippen LogP contribution < -0.4 is 0 Å². The number of carbonyl (C=O) groups is 2. The predicted octanol–water partition coefficient (Wildman–Crippen LogP) is 2.94. The number of amides is 1. The molecule has 104 valence electrons. The molecule has 5 heteroatoms. The molecular formula is C14H18BrNO3. The monoisotopic (exact) mass is 327 g/mol. The van der Waals surface area contributed by atoms with Crippen LogP contribution >= 0.6 is 15.9 Å².